The van der Waals surface area contributed by atoms with E-state index in [1.54, 1.807) is 25.3 Å². The highest BCUT2D eigenvalue weighted by molar-refractivity contribution is 8.26. The smallest absolute Gasteiger partial charge is 0.265 e. The molecular weight excluding hydrogens is 430 g/mol. The summed E-state index contributed by atoms with van der Waals surface area (Å²) >= 11 is 12.8. The van der Waals surface area contributed by atoms with Crippen LogP contribution in [0.4, 0.5) is 0 Å². The molecule has 0 aromatic heterocycles. The van der Waals surface area contributed by atoms with Crippen molar-refractivity contribution in [1.82, 2.24) is 4.90 Å². The van der Waals surface area contributed by atoms with Crippen LogP contribution in [-0.4, -0.2) is 42.5 Å². The van der Waals surface area contributed by atoms with Gasteiger partial charge in [0.15, 0.2) is 11.5 Å². The van der Waals surface area contributed by atoms with Gasteiger partial charge in [0, 0.05) is 7.05 Å². The lowest BCUT2D eigenvalue weighted by atomic mass is 10.2. The summed E-state index contributed by atoms with van der Waals surface area (Å²) in [6, 6.07) is 11.3. The largest absolute Gasteiger partial charge is 0.493 e. The van der Waals surface area contributed by atoms with Gasteiger partial charge >= 0.3 is 0 Å². The minimum absolute atomic E-state index is 0.135. The Morgan fingerprint density at radius 3 is 2.48 bits per heavy atom. The number of thiocarbonyl (C=S) groups is 1. The maximum Gasteiger partial charge on any atom is 0.265 e. The minimum Gasteiger partial charge on any atom is -0.493 e. The Labute approximate surface area is 184 Å². The maximum atomic E-state index is 12.2. The van der Waals surface area contributed by atoms with Crippen molar-refractivity contribution in [1.29, 1.82) is 0 Å². The third-order valence-corrected chi connectivity index (χ3v) is 5.92. The van der Waals surface area contributed by atoms with Crippen LogP contribution in [0.3, 0.4) is 0 Å². The molecule has 0 aliphatic carbocycles. The number of carbonyl (C=O) groups is 1. The van der Waals surface area contributed by atoms with E-state index in [9.17, 15) is 4.79 Å². The first-order valence-electron chi connectivity index (χ1n) is 8.80. The molecule has 0 saturated carbocycles. The van der Waals surface area contributed by atoms with Crippen molar-refractivity contribution in [2.45, 2.75) is 6.92 Å². The van der Waals surface area contributed by atoms with E-state index in [0.29, 0.717) is 39.0 Å². The number of nitrogens with zero attached hydrogens (tertiary/aromatic N) is 1. The number of carbonyl (C=O) groups excluding carboxylic acids is 1. The number of benzene rings is 2. The van der Waals surface area contributed by atoms with E-state index in [-0.39, 0.29) is 5.91 Å². The molecule has 2 aromatic carbocycles. The first-order valence-corrected chi connectivity index (χ1v) is 10.4. The van der Waals surface area contributed by atoms with Crippen LogP contribution in [0.1, 0.15) is 11.1 Å². The van der Waals surface area contributed by atoms with E-state index >= 15 is 0 Å². The molecule has 0 atom stereocenters. The van der Waals surface area contributed by atoms with Crippen molar-refractivity contribution in [3.05, 3.63) is 57.5 Å². The number of likely N-dealkylation sites (N-methyl/N-ethyl adjacent to an activating group) is 1. The molecule has 1 heterocycles. The van der Waals surface area contributed by atoms with E-state index in [2.05, 4.69) is 0 Å². The summed E-state index contributed by atoms with van der Waals surface area (Å²) in [7, 11) is 3.19. The molecule has 1 fully saturated rings. The molecule has 0 unspecified atom stereocenters. The molecule has 2 aromatic rings. The fraction of sp³-hybridized carbons (Fsp3) is 0.238. The Morgan fingerprint density at radius 2 is 1.86 bits per heavy atom. The van der Waals surface area contributed by atoms with Crippen molar-refractivity contribution in [3.8, 4) is 17.2 Å². The lowest BCUT2D eigenvalue weighted by Gasteiger charge is -2.14. The second kappa shape index (κ2) is 9.52. The highest BCUT2D eigenvalue weighted by Gasteiger charge is 2.28. The predicted octanol–water partition coefficient (Wildman–Crippen LogP) is 4.95. The van der Waals surface area contributed by atoms with Gasteiger partial charge in [0.05, 0.1) is 17.0 Å². The molecule has 1 aliphatic heterocycles. The summed E-state index contributed by atoms with van der Waals surface area (Å²) in [6.45, 7) is 2.69. The van der Waals surface area contributed by atoms with E-state index in [1.807, 2.05) is 31.2 Å². The standard InChI is InChI=1S/C21H20ClNO4S2/c1-13-4-6-15(7-5-13)26-8-9-27-19-16(22)10-14(11-17(19)25-3)12-18-20(24)23(2)21(28)29-18/h4-7,10-12H,8-9H2,1-3H3. The molecule has 152 valence electrons. The molecule has 8 heteroatoms. The van der Waals surface area contributed by atoms with Crippen molar-refractivity contribution in [2.24, 2.45) is 0 Å². The number of rotatable bonds is 7. The summed E-state index contributed by atoms with van der Waals surface area (Å²) in [6.07, 6.45) is 1.74. The van der Waals surface area contributed by atoms with Gasteiger partial charge in [0.1, 0.15) is 23.3 Å². The summed E-state index contributed by atoms with van der Waals surface area (Å²) in [4.78, 5) is 14.2. The number of aryl methyl sites for hydroxylation is 1. The van der Waals surface area contributed by atoms with Crippen molar-refractivity contribution >= 4 is 51.9 Å². The fourth-order valence-corrected chi connectivity index (χ4v) is 4.05. The van der Waals surface area contributed by atoms with Crippen LogP contribution in [0, 0.1) is 6.92 Å². The van der Waals surface area contributed by atoms with Gasteiger partial charge in [-0.3, -0.25) is 9.69 Å². The van der Waals surface area contributed by atoms with Gasteiger partial charge in [-0.2, -0.15) is 0 Å². The van der Waals surface area contributed by atoms with E-state index < -0.39 is 0 Å². The zero-order valence-corrected chi connectivity index (χ0v) is 18.6. The average Bonchev–Trinajstić information content (AvgIpc) is 2.94. The summed E-state index contributed by atoms with van der Waals surface area (Å²) in [5.41, 5.74) is 1.90. The average molecular weight is 450 g/mol. The molecule has 1 aliphatic rings. The van der Waals surface area contributed by atoms with Crippen LogP contribution < -0.4 is 14.2 Å². The number of halogens is 1. The molecule has 0 spiro atoms. The summed E-state index contributed by atoms with van der Waals surface area (Å²) < 4.78 is 17.4. The van der Waals surface area contributed by atoms with E-state index in [1.165, 1.54) is 29.3 Å². The zero-order chi connectivity index (χ0) is 21.0. The van der Waals surface area contributed by atoms with Gasteiger partial charge in [-0.25, -0.2) is 0 Å². The number of ether oxygens (including phenoxy) is 3. The molecule has 29 heavy (non-hydrogen) atoms. The molecule has 0 radical (unpaired) electrons. The van der Waals surface area contributed by atoms with Crippen molar-refractivity contribution in [2.75, 3.05) is 27.4 Å². The van der Waals surface area contributed by atoms with Crippen LogP contribution in [0.15, 0.2) is 41.3 Å². The highest BCUT2D eigenvalue weighted by atomic mass is 35.5. The van der Waals surface area contributed by atoms with Crippen LogP contribution in [0.2, 0.25) is 5.02 Å². The predicted molar refractivity (Wildman–Crippen MR) is 121 cm³/mol. The van der Waals surface area contributed by atoms with E-state index in [0.717, 1.165) is 11.3 Å². The van der Waals surface area contributed by atoms with Crippen LogP contribution in [-0.2, 0) is 4.79 Å². The Morgan fingerprint density at radius 1 is 1.17 bits per heavy atom. The van der Waals surface area contributed by atoms with Crippen molar-refractivity contribution in [3.63, 3.8) is 0 Å². The van der Waals surface area contributed by atoms with Gasteiger partial charge in [0.2, 0.25) is 0 Å². The second-order valence-corrected chi connectivity index (χ2v) is 8.37. The van der Waals surface area contributed by atoms with Crippen LogP contribution in [0.25, 0.3) is 6.08 Å². The van der Waals surface area contributed by atoms with Crippen molar-refractivity contribution < 1.29 is 19.0 Å². The topological polar surface area (TPSA) is 48.0 Å². The number of hydrogen-bond acceptors (Lipinski definition) is 6. The molecule has 0 bridgehead atoms. The summed E-state index contributed by atoms with van der Waals surface area (Å²) in [5.74, 6) is 1.55. The van der Waals surface area contributed by atoms with Gasteiger partial charge in [-0.05, 0) is 42.8 Å². The van der Waals surface area contributed by atoms with Gasteiger partial charge in [0.25, 0.3) is 5.91 Å². The normalized spacial score (nSPS) is 15.2. The first-order chi connectivity index (χ1) is 13.9. The van der Waals surface area contributed by atoms with Crippen LogP contribution >= 0.6 is 35.6 Å². The van der Waals surface area contributed by atoms with E-state index in [4.69, 9.17) is 38.0 Å². The first kappa shape index (κ1) is 21.5. The van der Waals surface area contributed by atoms with Gasteiger partial charge in [-0.15, -0.1) is 0 Å². The molecule has 1 amide bonds. The Balaban J connectivity index is 1.68. The fourth-order valence-electron chi connectivity index (χ4n) is 2.60. The van der Waals surface area contributed by atoms with Gasteiger partial charge in [-0.1, -0.05) is 53.3 Å². The number of amides is 1. The second-order valence-electron chi connectivity index (χ2n) is 6.28. The summed E-state index contributed by atoms with van der Waals surface area (Å²) in [5, 5.41) is 0.387. The number of hydrogen-bond donors (Lipinski definition) is 0. The lowest BCUT2D eigenvalue weighted by molar-refractivity contribution is -0.121. The number of thioether (sulfide) groups is 1. The monoisotopic (exact) mass is 449 g/mol. The SMILES string of the molecule is COc1cc(C=C2SC(=S)N(C)C2=O)cc(Cl)c1OCCOc1ccc(C)cc1. The quantitative estimate of drug-likeness (QED) is 0.339. The Hall–Kier alpha value is -2.22. The molecule has 3 rings (SSSR count). The molecular formula is C21H20ClNO4S2. The molecule has 0 N–H and O–H groups in total. The Kier molecular flexibility index (Phi) is 7.05. The Bertz CT molecular complexity index is 960. The zero-order valence-electron chi connectivity index (χ0n) is 16.2. The maximum absolute atomic E-state index is 12.2. The minimum atomic E-state index is -0.135. The highest BCUT2D eigenvalue weighted by Crippen LogP contribution is 2.38. The van der Waals surface area contributed by atoms with Gasteiger partial charge < -0.3 is 14.2 Å². The third-order valence-electron chi connectivity index (χ3n) is 4.16. The molecule has 5 nitrogen and oxygen atoms in total. The lowest BCUT2D eigenvalue weighted by Crippen LogP contribution is -2.22. The molecule has 1 saturated heterocycles. The van der Waals surface area contributed by atoms with Crippen LogP contribution in [0.5, 0.6) is 17.2 Å². The number of methoxy groups -OCH3 is 1. The third kappa shape index (κ3) is 5.23.